The molecule has 1 aliphatic rings. The molecular weight excluding hydrogens is 338 g/mol. The summed E-state index contributed by atoms with van der Waals surface area (Å²) in [5.41, 5.74) is 2.85. The van der Waals surface area contributed by atoms with Crippen LogP contribution in [0.2, 0.25) is 0 Å². The zero-order chi connectivity index (χ0) is 18.5. The molecule has 1 aliphatic heterocycles. The van der Waals surface area contributed by atoms with Crippen LogP contribution in [-0.2, 0) is 11.3 Å². The van der Waals surface area contributed by atoms with E-state index in [1.807, 2.05) is 59.6 Å². The molecule has 1 amide bonds. The van der Waals surface area contributed by atoms with Crippen molar-refractivity contribution in [2.45, 2.75) is 25.6 Å². The molecule has 0 spiro atoms. The van der Waals surface area contributed by atoms with E-state index in [0.29, 0.717) is 6.61 Å². The number of ether oxygens (including phenoxy) is 1. The number of rotatable bonds is 5. The van der Waals surface area contributed by atoms with Gasteiger partial charge in [0.05, 0.1) is 18.4 Å². The maximum Gasteiger partial charge on any atom is 0.253 e. The molecule has 2 aromatic carbocycles. The minimum atomic E-state index is 0.0866. The van der Waals surface area contributed by atoms with Crippen molar-refractivity contribution in [3.8, 4) is 5.69 Å². The lowest BCUT2D eigenvalue weighted by Gasteiger charge is -2.32. The van der Waals surface area contributed by atoms with Crippen LogP contribution in [0.4, 0.5) is 0 Å². The summed E-state index contributed by atoms with van der Waals surface area (Å²) in [7, 11) is 0. The number of nitrogens with zero attached hydrogens (tertiary/aromatic N) is 3. The highest BCUT2D eigenvalue weighted by Crippen LogP contribution is 2.18. The van der Waals surface area contributed by atoms with Crippen molar-refractivity contribution in [1.29, 1.82) is 0 Å². The Kier molecular flexibility index (Phi) is 5.30. The molecule has 5 heteroatoms. The molecule has 1 fully saturated rings. The molecule has 0 bridgehead atoms. The van der Waals surface area contributed by atoms with Gasteiger partial charge in [0, 0.05) is 31.0 Å². The molecular formula is C22H23N3O2. The highest BCUT2D eigenvalue weighted by molar-refractivity contribution is 5.94. The zero-order valence-electron chi connectivity index (χ0n) is 15.2. The Morgan fingerprint density at radius 3 is 2.41 bits per heavy atom. The van der Waals surface area contributed by atoms with Crippen LogP contribution in [0, 0.1) is 0 Å². The fourth-order valence-corrected chi connectivity index (χ4v) is 3.37. The molecule has 138 valence electrons. The van der Waals surface area contributed by atoms with E-state index in [9.17, 15) is 4.79 Å². The fourth-order valence-electron chi connectivity index (χ4n) is 3.37. The van der Waals surface area contributed by atoms with Gasteiger partial charge in [-0.1, -0.05) is 30.3 Å². The summed E-state index contributed by atoms with van der Waals surface area (Å²) in [6, 6.07) is 19.7. The smallest absolute Gasteiger partial charge is 0.253 e. The van der Waals surface area contributed by atoms with E-state index in [0.717, 1.165) is 37.2 Å². The van der Waals surface area contributed by atoms with Gasteiger partial charge < -0.3 is 9.64 Å². The van der Waals surface area contributed by atoms with Gasteiger partial charge in [-0.15, -0.1) is 0 Å². The Morgan fingerprint density at radius 1 is 1.00 bits per heavy atom. The standard InChI is InChI=1S/C22H23N3O2/c26-22(19-7-9-20(10-8-19)25-14-4-13-23-25)24-15-11-21(12-16-24)27-17-18-5-2-1-3-6-18/h1-10,13-14,21H,11-12,15-17H2. The number of amides is 1. The predicted octanol–water partition coefficient (Wildman–Crippen LogP) is 3.69. The van der Waals surface area contributed by atoms with Gasteiger partial charge in [-0.05, 0) is 48.7 Å². The number of likely N-dealkylation sites (tertiary alicyclic amines) is 1. The number of aromatic nitrogens is 2. The minimum absolute atomic E-state index is 0.0866. The second kappa shape index (κ2) is 8.18. The lowest BCUT2D eigenvalue weighted by Crippen LogP contribution is -2.40. The van der Waals surface area contributed by atoms with Gasteiger partial charge in [-0.25, -0.2) is 4.68 Å². The number of hydrogen-bond acceptors (Lipinski definition) is 3. The third-order valence-corrected chi connectivity index (χ3v) is 4.94. The summed E-state index contributed by atoms with van der Waals surface area (Å²) in [4.78, 5) is 14.7. The molecule has 0 unspecified atom stereocenters. The van der Waals surface area contributed by atoms with Crippen molar-refractivity contribution in [2.75, 3.05) is 13.1 Å². The van der Waals surface area contributed by atoms with Crippen molar-refractivity contribution >= 4 is 5.91 Å². The van der Waals surface area contributed by atoms with Crippen LogP contribution in [0.3, 0.4) is 0 Å². The SMILES string of the molecule is O=C(c1ccc(-n2cccn2)cc1)N1CCC(OCc2ccccc2)CC1. The molecule has 0 atom stereocenters. The van der Waals surface area contributed by atoms with Gasteiger partial charge in [0.2, 0.25) is 0 Å². The maximum absolute atomic E-state index is 12.7. The van der Waals surface area contributed by atoms with Gasteiger partial charge in [0.1, 0.15) is 0 Å². The molecule has 1 aromatic heterocycles. The summed E-state index contributed by atoms with van der Waals surface area (Å²) in [5, 5.41) is 4.21. The minimum Gasteiger partial charge on any atom is -0.373 e. The van der Waals surface area contributed by atoms with Crippen molar-refractivity contribution in [3.05, 3.63) is 84.2 Å². The molecule has 2 heterocycles. The first kappa shape index (κ1) is 17.5. The summed E-state index contributed by atoms with van der Waals surface area (Å²) < 4.78 is 7.79. The zero-order valence-corrected chi connectivity index (χ0v) is 15.2. The summed E-state index contributed by atoms with van der Waals surface area (Å²) in [6.45, 7) is 2.10. The number of carbonyl (C=O) groups is 1. The maximum atomic E-state index is 12.7. The van der Waals surface area contributed by atoms with Crippen LogP contribution in [0.1, 0.15) is 28.8 Å². The van der Waals surface area contributed by atoms with Crippen LogP contribution < -0.4 is 0 Å². The lowest BCUT2D eigenvalue weighted by atomic mass is 10.1. The number of hydrogen-bond donors (Lipinski definition) is 0. The highest BCUT2D eigenvalue weighted by atomic mass is 16.5. The first-order chi connectivity index (χ1) is 13.3. The molecule has 3 aromatic rings. The predicted molar refractivity (Wildman–Crippen MR) is 104 cm³/mol. The monoisotopic (exact) mass is 361 g/mol. The highest BCUT2D eigenvalue weighted by Gasteiger charge is 2.24. The Labute approximate surface area is 159 Å². The molecule has 0 N–H and O–H groups in total. The summed E-state index contributed by atoms with van der Waals surface area (Å²) >= 11 is 0. The Balaban J connectivity index is 1.29. The van der Waals surface area contributed by atoms with Gasteiger partial charge in [-0.3, -0.25) is 4.79 Å². The molecule has 27 heavy (non-hydrogen) atoms. The van der Waals surface area contributed by atoms with Crippen LogP contribution in [0.25, 0.3) is 5.69 Å². The lowest BCUT2D eigenvalue weighted by molar-refractivity contribution is -0.000378. The van der Waals surface area contributed by atoms with E-state index in [4.69, 9.17) is 4.74 Å². The largest absolute Gasteiger partial charge is 0.373 e. The average Bonchev–Trinajstić information content (AvgIpc) is 3.28. The average molecular weight is 361 g/mol. The molecule has 0 saturated carbocycles. The summed E-state index contributed by atoms with van der Waals surface area (Å²) in [5.74, 6) is 0.0866. The molecule has 4 rings (SSSR count). The van der Waals surface area contributed by atoms with E-state index in [-0.39, 0.29) is 12.0 Å². The van der Waals surface area contributed by atoms with Crippen molar-refractivity contribution in [2.24, 2.45) is 0 Å². The quantitative estimate of drug-likeness (QED) is 0.696. The second-order valence-electron chi connectivity index (χ2n) is 6.79. The van der Waals surface area contributed by atoms with Crippen molar-refractivity contribution < 1.29 is 9.53 Å². The van der Waals surface area contributed by atoms with E-state index in [1.54, 1.807) is 10.9 Å². The van der Waals surface area contributed by atoms with E-state index in [1.165, 1.54) is 5.56 Å². The second-order valence-corrected chi connectivity index (χ2v) is 6.79. The fraction of sp³-hybridized carbons (Fsp3) is 0.273. The third-order valence-electron chi connectivity index (χ3n) is 4.94. The van der Waals surface area contributed by atoms with Gasteiger partial charge in [-0.2, -0.15) is 5.10 Å². The third kappa shape index (κ3) is 4.26. The number of piperidine rings is 1. The first-order valence-electron chi connectivity index (χ1n) is 9.34. The van der Waals surface area contributed by atoms with Gasteiger partial charge in [0.25, 0.3) is 5.91 Å². The first-order valence-corrected chi connectivity index (χ1v) is 9.34. The molecule has 1 saturated heterocycles. The van der Waals surface area contributed by atoms with Crippen LogP contribution >= 0.6 is 0 Å². The topological polar surface area (TPSA) is 47.4 Å². The van der Waals surface area contributed by atoms with E-state index >= 15 is 0 Å². The number of benzene rings is 2. The van der Waals surface area contributed by atoms with E-state index < -0.39 is 0 Å². The Hall–Kier alpha value is -2.92. The molecule has 0 radical (unpaired) electrons. The molecule has 0 aliphatic carbocycles. The number of carbonyl (C=O) groups excluding carboxylic acids is 1. The van der Waals surface area contributed by atoms with Crippen LogP contribution in [0.5, 0.6) is 0 Å². The Bertz CT molecular complexity index is 852. The van der Waals surface area contributed by atoms with Gasteiger partial charge >= 0.3 is 0 Å². The summed E-state index contributed by atoms with van der Waals surface area (Å²) in [6.07, 6.45) is 5.60. The van der Waals surface area contributed by atoms with Crippen LogP contribution in [0.15, 0.2) is 73.1 Å². The van der Waals surface area contributed by atoms with Crippen molar-refractivity contribution in [1.82, 2.24) is 14.7 Å². The van der Waals surface area contributed by atoms with E-state index in [2.05, 4.69) is 17.2 Å². The normalized spacial score (nSPS) is 15.0. The van der Waals surface area contributed by atoms with Crippen molar-refractivity contribution in [3.63, 3.8) is 0 Å². The molecule has 5 nitrogen and oxygen atoms in total. The van der Waals surface area contributed by atoms with Crippen LogP contribution in [-0.4, -0.2) is 39.8 Å². The Morgan fingerprint density at radius 2 is 1.74 bits per heavy atom. The van der Waals surface area contributed by atoms with Gasteiger partial charge in [0.15, 0.2) is 0 Å².